The lowest BCUT2D eigenvalue weighted by atomic mass is 9.87. The third kappa shape index (κ3) is 4.67. The van der Waals surface area contributed by atoms with Crippen molar-refractivity contribution in [3.63, 3.8) is 0 Å². The molecular weight excluding hydrogens is 383 g/mol. The van der Waals surface area contributed by atoms with E-state index >= 15 is 0 Å². The predicted molar refractivity (Wildman–Crippen MR) is 117 cm³/mol. The van der Waals surface area contributed by atoms with Crippen molar-refractivity contribution in [2.45, 2.75) is 52.6 Å². The molecule has 0 fully saturated rings. The molecule has 0 bridgehead atoms. The van der Waals surface area contributed by atoms with Crippen molar-refractivity contribution in [1.29, 1.82) is 0 Å². The summed E-state index contributed by atoms with van der Waals surface area (Å²) < 4.78 is 15.8. The molecule has 0 aliphatic carbocycles. The first kappa shape index (κ1) is 21.5. The maximum absolute atomic E-state index is 13.3. The maximum Gasteiger partial charge on any atom is 0.355 e. The fourth-order valence-corrected chi connectivity index (χ4v) is 3.15. The molecule has 158 valence electrons. The maximum atomic E-state index is 13.3. The molecule has 0 radical (unpaired) electrons. The van der Waals surface area contributed by atoms with Crippen LogP contribution in [0.4, 0.5) is 16.0 Å². The van der Waals surface area contributed by atoms with Gasteiger partial charge in [-0.15, -0.1) is 0 Å². The Kier molecular flexibility index (Phi) is 5.92. The molecule has 1 N–H and O–H groups in total. The number of benzene rings is 2. The van der Waals surface area contributed by atoms with E-state index < -0.39 is 11.4 Å². The van der Waals surface area contributed by atoms with Crippen molar-refractivity contribution in [2.75, 3.05) is 5.32 Å². The van der Waals surface area contributed by atoms with E-state index in [1.54, 1.807) is 26.0 Å². The van der Waals surface area contributed by atoms with Crippen LogP contribution in [0.3, 0.4) is 0 Å². The summed E-state index contributed by atoms with van der Waals surface area (Å²) in [7, 11) is 0. The average Bonchev–Trinajstić information content (AvgIpc) is 2.65. The van der Waals surface area contributed by atoms with Gasteiger partial charge in [-0.3, -0.25) is 4.57 Å². The molecule has 2 aromatic carbocycles. The van der Waals surface area contributed by atoms with Gasteiger partial charge in [-0.05, 0) is 54.7 Å². The van der Waals surface area contributed by atoms with E-state index in [1.165, 1.54) is 16.7 Å². The molecule has 6 nitrogen and oxygen atoms in total. The lowest BCUT2D eigenvalue weighted by Crippen LogP contribution is -2.43. The first-order valence-corrected chi connectivity index (χ1v) is 9.91. The van der Waals surface area contributed by atoms with Crippen LogP contribution in [0.5, 0.6) is 0 Å². The van der Waals surface area contributed by atoms with Crippen LogP contribution in [0, 0.1) is 5.82 Å². The molecule has 0 aliphatic rings. The molecule has 30 heavy (non-hydrogen) atoms. The second-order valence-electron chi connectivity index (χ2n) is 8.63. The second-order valence-corrected chi connectivity index (χ2v) is 8.63. The van der Waals surface area contributed by atoms with Crippen molar-refractivity contribution in [2.24, 2.45) is 0 Å². The van der Waals surface area contributed by atoms with Gasteiger partial charge in [-0.2, -0.15) is 4.98 Å². The number of halogens is 1. The van der Waals surface area contributed by atoms with Gasteiger partial charge in [0, 0.05) is 11.7 Å². The zero-order chi connectivity index (χ0) is 22.1. The Hall–Kier alpha value is -3.22. The molecule has 0 saturated heterocycles. The molecule has 3 rings (SSSR count). The largest absolute Gasteiger partial charge is 0.355 e. The van der Waals surface area contributed by atoms with E-state index in [9.17, 15) is 14.0 Å². The van der Waals surface area contributed by atoms with Crippen LogP contribution in [0.15, 0.2) is 58.1 Å². The van der Waals surface area contributed by atoms with Crippen LogP contribution >= 0.6 is 0 Å². The zero-order valence-corrected chi connectivity index (χ0v) is 17.9. The Balaban J connectivity index is 2.10. The summed E-state index contributed by atoms with van der Waals surface area (Å²) in [5.41, 5.74) is 1.42. The lowest BCUT2D eigenvalue weighted by molar-refractivity contribution is 0.497. The number of hydrogen-bond donors (Lipinski definition) is 1. The van der Waals surface area contributed by atoms with E-state index in [4.69, 9.17) is 0 Å². The minimum absolute atomic E-state index is 0.0556. The Labute approximate surface area is 175 Å². The quantitative estimate of drug-likeness (QED) is 0.684. The average molecular weight is 410 g/mol. The van der Waals surface area contributed by atoms with Crippen LogP contribution in [-0.2, 0) is 12.0 Å². The second kappa shape index (κ2) is 8.26. The summed E-state index contributed by atoms with van der Waals surface area (Å²) in [6, 6.07) is 13.3. The van der Waals surface area contributed by atoms with Gasteiger partial charge in [0.15, 0.2) is 0 Å². The standard InChI is InChI=1S/C23H27FN4O2/c1-15(2)28-21(29)26-20(25-19-8-6-7-17(13-19)23(3,4)5)27(22(28)30)14-16-9-11-18(24)12-10-16/h6-13,15H,14H2,1-5H3,(H,25,26,29). The van der Waals surface area contributed by atoms with Gasteiger partial charge in [0.2, 0.25) is 5.95 Å². The summed E-state index contributed by atoms with van der Waals surface area (Å²) in [5, 5.41) is 3.13. The van der Waals surface area contributed by atoms with Gasteiger partial charge in [0.25, 0.3) is 0 Å². The first-order valence-electron chi connectivity index (χ1n) is 9.91. The Morgan fingerprint density at radius 1 is 1.07 bits per heavy atom. The van der Waals surface area contributed by atoms with Crippen LogP contribution in [0.2, 0.25) is 0 Å². The molecular formula is C23H27FN4O2. The van der Waals surface area contributed by atoms with Gasteiger partial charge in [-0.1, -0.05) is 45.0 Å². The fraction of sp³-hybridized carbons (Fsp3) is 0.348. The number of nitrogens with zero attached hydrogens (tertiary/aromatic N) is 3. The normalized spacial score (nSPS) is 11.7. The third-order valence-electron chi connectivity index (χ3n) is 4.86. The molecule has 0 atom stereocenters. The topological polar surface area (TPSA) is 68.9 Å². The highest BCUT2D eigenvalue weighted by Crippen LogP contribution is 2.25. The molecule has 0 amide bonds. The highest BCUT2D eigenvalue weighted by molar-refractivity contribution is 5.55. The molecule has 0 saturated carbocycles. The van der Waals surface area contributed by atoms with Gasteiger partial charge in [0.05, 0.1) is 6.54 Å². The summed E-state index contributed by atoms with van der Waals surface area (Å²) in [6.45, 7) is 10.00. The molecule has 1 aromatic heterocycles. The van der Waals surface area contributed by atoms with Gasteiger partial charge < -0.3 is 5.32 Å². The summed E-state index contributed by atoms with van der Waals surface area (Å²) >= 11 is 0. The minimum Gasteiger partial charge on any atom is -0.325 e. The Morgan fingerprint density at radius 3 is 2.33 bits per heavy atom. The van der Waals surface area contributed by atoms with E-state index in [-0.39, 0.29) is 29.8 Å². The molecule has 7 heteroatoms. The van der Waals surface area contributed by atoms with Crippen molar-refractivity contribution < 1.29 is 4.39 Å². The Bertz CT molecular complexity index is 1160. The highest BCUT2D eigenvalue weighted by Gasteiger charge is 2.17. The van der Waals surface area contributed by atoms with Crippen LogP contribution in [0.1, 0.15) is 51.8 Å². The van der Waals surface area contributed by atoms with Crippen LogP contribution < -0.4 is 16.7 Å². The SMILES string of the molecule is CC(C)n1c(=O)nc(Nc2cccc(C(C)(C)C)c2)n(Cc2ccc(F)cc2)c1=O. The monoisotopic (exact) mass is 410 g/mol. The van der Waals surface area contributed by atoms with Gasteiger partial charge >= 0.3 is 11.4 Å². The van der Waals surface area contributed by atoms with Crippen molar-refractivity contribution >= 4 is 11.6 Å². The highest BCUT2D eigenvalue weighted by atomic mass is 19.1. The number of rotatable bonds is 5. The molecule has 0 spiro atoms. The van der Waals surface area contributed by atoms with E-state index in [0.29, 0.717) is 0 Å². The molecule has 1 heterocycles. The number of hydrogen-bond acceptors (Lipinski definition) is 4. The number of aromatic nitrogens is 3. The lowest BCUT2D eigenvalue weighted by Gasteiger charge is -2.21. The minimum atomic E-state index is -0.611. The molecule has 0 unspecified atom stereocenters. The summed E-state index contributed by atoms with van der Waals surface area (Å²) in [4.78, 5) is 29.8. The first-order chi connectivity index (χ1) is 14.1. The van der Waals surface area contributed by atoms with Crippen molar-refractivity contribution in [1.82, 2.24) is 14.1 Å². The number of anilines is 2. The predicted octanol–water partition coefficient (Wildman–Crippen LogP) is 4.21. The third-order valence-corrected chi connectivity index (χ3v) is 4.86. The molecule has 3 aromatic rings. The van der Waals surface area contributed by atoms with E-state index in [2.05, 4.69) is 31.1 Å². The van der Waals surface area contributed by atoms with Crippen LogP contribution in [0.25, 0.3) is 0 Å². The summed E-state index contributed by atoms with van der Waals surface area (Å²) in [6.07, 6.45) is 0. The Morgan fingerprint density at radius 2 is 1.73 bits per heavy atom. The summed E-state index contributed by atoms with van der Waals surface area (Å²) in [5.74, 6) is -0.203. The smallest absolute Gasteiger partial charge is 0.325 e. The van der Waals surface area contributed by atoms with Gasteiger partial charge in [0.1, 0.15) is 5.82 Å². The number of nitrogens with one attached hydrogen (secondary N) is 1. The van der Waals surface area contributed by atoms with Crippen LogP contribution in [-0.4, -0.2) is 14.1 Å². The van der Waals surface area contributed by atoms with Crippen molar-refractivity contribution in [3.05, 3.63) is 86.4 Å². The van der Waals surface area contributed by atoms with E-state index in [0.717, 1.165) is 21.4 Å². The van der Waals surface area contributed by atoms with Crippen molar-refractivity contribution in [3.8, 4) is 0 Å². The van der Waals surface area contributed by atoms with E-state index in [1.807, 2.05) is 24.3 Å². The fourth-order valence-electron chi connectivity index (χ4n) is 3.15. The zero-order valence-electron chi connectivity index (χ0n) is 17.9. The molecule has 0 aliphatic heterocycles. The van der Waals surface area contributed by atoms with Gasteiger partial charge in [-0.25, -0.2) is 18.5 Å².